The monoisotopic (exact) mass is 342 g/mol. The van der Waals surface area contributed by atoms with Crippen molar-refractivity contribution in [3.63, 3.8) is 0 Å². The van der Waals surface area contributed by atoms with E-state index >= 15 is 0 Å². The van der Waals surface area contributed by atoms with Crippen molar-refractivity contribution in [1.29, 1.82) is 0 Å². The Morgan fingerprint density at radius 1 is 0.840 bits per heavy atom. The SMILES string of the molecule is CC#CC1CCC(C2CCC(/C=C/C3CCC(CC)CC3)CC2)OC1. The van der Waals surface area contributed by atoms with Gasteiger partial charge in [-0.3, -0.25) is 0 Å². The summed E-state index contributed by atoms with van der Waals surface area (Å²) >= 11 is 0. The van der Waals surface area contributed by atoms with Crippen LogP contribution in [0.5, 0.6) is 0 Å². The average Bonchev–Trinajstić information content (AvgIpc) is 2.68. The van der Waals surface area contributed by atoms with Gasteiger partial charge in [-0.05, 0) is 94.8 Å². The minimum absolute atomic E-state index is 0.489. The summed E-state index contributed by atoms with van der Waals surface area (Å²) in [5.74, 6) is 10.3. The quantitative estimate of drug-likeness (QED) is 0.425. The van der Waals surface area contributed by atoms with Crippen molar-refractivity contribution in [2.75, 3.05) is 6.61 Å². The highest BCUT2D eigenvalue weighted by molar-refractivity contribution is 5.03. The molecule has 1 saturated heterocycles. The molecule has 0 amide bonds. The van der Waals surface area contributed by atoms with Gasteiger partial charge in [0.05, 0.1) is 12.7 Å². The maximum atomic E-state index is 6.17. The first kappa shape index (κ1) is 19.0. The molecule has 0 spiro atoms. The molecule has 2 unspecified atom stereocenters. The highest BCUT2D eigenvalue weighted by Crippen LogP contribution is 2.37. The van der Waals surface area contributed by atoms with Gasteiger partial charge < -0.3 is 4.74 Å². The molecule has 1 aliphatic heterocycles. The van der Waals surface area contributed by atoms with Crippen LogP contribution < -0.4 is 0 Å². The van der Waals surface area contributed by atoms with E-state index in [-0.39, 0.29) is 0 Å². The van der Waals surface area contributed by atoms with Crippen LogP contribution in [0.1, 0.15) is 84.5 Å². The molecule has 3 rings (SSSR count). The first-order valence-corrected chi connectivity index (χ1v) is 11.0. The fourth-order valence-electron chi connectivity index (χ4n) is 5.27. The molecule has 0 radical (unpaired) electrons. The van der Waals surface area contributed by atoms with E-state index in [0.717, 1.165) is 30.3 Å². The van der Waals surface area contributed by atoms with Crippen LogP contribution in [0.3, 0.4) is 0 Å². The molecule has 25 heavy (non-hydrogen) atoms. The van der Waals surface area contributed by atoms with E-state index in [9.17, 15) is 0 Å². The number of hydrogen-bond acceptors (Lipinski definition) is 1. The van der Waals surface area contributed by atoms with E-state index in [1.807, 2.05) is 6.92 Å². The van der Waals surface area contributed by atoms with Crippen molar-refractivity contribution in [1.82, 2.24) is 0 Å². The molecule has 1 nitrogen and oxygen atoms in total. The second-order valence-electron chi connectivity index (χ2n) is 8.79. The molecule has 0 N–H and O–H groups in total. The lowest BCUT2D eigenvalue weighted by molar-refractivity contribution is -0.0461. The van der Waals surface area contributed by atoms with Gasteiger partial charge >= 0.3 is 0 Å². The van der Waals surface area contributed by atoms with Crippen molar-refractivity contribution in [3.8, 4) is 11.8 Å². The summed E-state index contributed by atoms with van der Waals surface area (Å²) in [5.41, 5.74) is 0. The van der Waals surface area contributed by atoms with Crippen LogP contribution >= 0.6 is 0 Å². The lowest BCUT2D eigenvalue weighted by Gasteiger charge is -2.36. The largest absolute Gasteiger partial charge is 0.377 e. The second-order valence-corrected chi connectivity index (χ2v) is 8.79. The minimum Gasteiger partial charge on any atom is -0.377 e. The third kappa shape index (κ3) is 5.62. The number of allylic oxidation sites excluding steroid dienone is 2. The maximum absolute atomic E-state index is 6.17. The molecule has 0 aromatic heterocycles. The molecule has 0 aromatic carbocycles. The van der Waals surface area contributed by atoms with Gasteiger partial charge in [0, 0.05) is 5.92 Å². The Labute approximate surface area is 156 Å². The Kier molecular flexibility index (Phi) is 7.48. The summed E-state index contributed by atoms with van der Waals surface area (Å²) in [4.78, 5) is 0. The summed E-state index contributed by atoms with van der Waals surface area (Å²) in [7, 11) is 0. The first-order valence-electron chi connectivity index (χ1n) is 11.0. The van der Waals surface area contributed by atoms with Gasteiger partial charge in [0.25, 0.3) is 0 Å². The van der Waals surface area contributed by atoms with Crippen LogP contribution in [0.15, 0.2) is 12.2 Å². The average molecular weight is 343 g/mol. The lowest BCUT2D eigenvalue weighted by atomic mass is 9.76. The molecule has 3 fully saturated rings. The van der Waals surface area contributed by atoms with Gasteiger partial charge in [-0.25, -0.2) is 0 Å². The maximum Gasteiger partial charge on any atom is 0.0607 e. The van der Waals surface area contributed by atoms with Crippen molar-refractivity contribution < 1.29 is 4.74 Å². The third-order valence-electron chi connectivity index (χ3n) is 7.13. The first-order chi connectivity index (χ1) is 12.3. The summed E-state index contributed by atoms with van der Waals surface area (Å²) in [6, 6.07) is 0. The molecule has 140 valence electrons. The zero-order valence-electron chi connectivity index (χ0n) is 16.5. The van der Waals surface area contributed by atoms with E-state index < -0.39 is 0 Å². The van der Waals surface area contributed by atoms with Gasteiger partial charge in [-0.2, -0.15) is 0 Å². The normalized spacial score (nSPS) is 39.8. The molecule has 2 saturated carbocycles. The molecular weight excluding hydrogens is 304 g/mol. The summed E-state index contributed by atoms with van der Waals surface area (Å²) in [5, 5.41) is 0. The molecule has 0 bridgehead atoms. The highest BCUT2D eigenvalue weighted by atomic mass is 16.5. The van der Waals surface area contributed by atoms with Gasteiger partial charge in [0.15, 0.2) is 0 Å². The van der Waals surface area contributed by atoms with E-state index in [1.165, 1.54) is 70.6 Å². The van der Waals surface area contributed by atoms with Crippen molar-refractivity contribution in [3.05, 3.63) is 12.2 Å². The number of hydrogen-bond donors (Lipinski definition) is 0. The Hall–Kier alpha value is -0.740. The predicted molar refractivity (Wildman–Crippen MR) is 106 cm³/mol. The van der Waals surface area contributed by atoms with E-state index in [1.54, 1.807) is 0 Å². The second kappa shape index (κ2) is 9.82. The molecule has 1 heterocycles. The Morgan fingerprint density at radius 2 is 1.48 bits per heavy atom. The number of ether oxygens (including phenoxy) is 1. The van der Waals surface area contributed by atoms with Gasteiger partial charge in [-0.15, -0.1) is 5.92 Å². The van der Waals surface area contributed by atoms with Crippen LogP contribution in [0, 0.1) is 41.4 Å². The third-order valence-corrected chi connectivity index (χ3v) is 7.13. The van der Waals surface area contributed by atoms with E-state index in [0.29, 0.717) is 12.0 Å². The van der Waals surface area contributed by atoms with Crippen molar-refractivity contribution >= 4 is 0 Å². The van der Waals surface area contributed by atoms with Gasteiger partial charge in [0.2, 0.25) is 0 Å². The summed E-state index contributed by atoms with van der Waals surface area (Å²) in [6.45, 7) is 5.16. The minimum atomic E-state index is 0.489. The van der Waals surface area contributed by atoms with Crippen LogP contribution in [-0.2, 0) is 4.74 Å². The zero-order chi connectivity index (χ0) is 17.5. The molecule has 3 aliphatic rings. The Bertz CT molecular complexity index is 458. The zero-order valence-corrected chi connectivity index (χ0v) is 16.5. The smallest absolute Gasteiger partial charge is 0.0607 e. The summed E-state index contributed by atoms with van der Waals surface area (Å²) in [6.07, 6.45) is 20.8. The Balaban J connectivity index is 1.36. The van der Waals surface area contributed by atoms with Crippen molar-refractivity contribution in [2.45, 2.75) is 90.6 Å². The van der Waals surface area contributed by atoms with Crippen LogP contribution in [0.25, 0.3) is 0 Å². The fourth-order valence-corrected chi connectivity index (χ4v) is 5.27. The number of rotatable bonds is 4. The van der Waals surface area contributed by atoms with E-state index in [4.69, 9.17) is 4.74 Å². The van der Waals surface area contributed by atoms with Crippen LogP contribution in [-0.4, -0.2) is 12.7 Å². The Morgan fingerprint density at radius 3 is 2.00 bits per heavy atom. The molecular formula is C24H38O. The van der Waals surface area contributed by atoms with Gasteiger partial charge in [-0.1, -0.05) is 31.4 Å². The van der Waals surface area contributed by atoms with Crippen molar-refractivity contribution in [2.24, 2.45) is 29.6 Å². The lowest BCUT2D eigenvalue weighted by Crippen LogP contribution is -2.33. The topological polar surface area (TPSA) is 9.23 Å². The molecule has 2 atom stereocenters. The molecule has 0 aromatic rings. The van der Waals surface area contributed by atoms with E-state index in [2.05, 4.69) is 30.9 Å². The van der Waals surface area contributed by atoms with Crippen LogP contribution in [0.4, 0.5) is 0 Å². The predicted octanol–water partition coefficient (Wildman–Crippen LogP) is 6.38. The molecule has 1 heteroatoms. The standard InChI is InChI=1S/C24H38O/c1-3-5-22-14-17-24(25-18-22)23-15-12-21(13-16-23)11-10-20-8-6-19(4-2)7-9-20/h10-11,19-24H,4,6-9,12-18H2,1-2H3/b11-10+. The summed E-state index contributed by atoms with van der Waals surface area (Å²) < 4.78 is 6.17. The molecule has 2 aliphatic carbocycles. The van der Waals surface area contributed by atoms with Crippen LogP contribution in [0.2, 0.25) is 0 Å². The fraction of sp³-hybridized carbons (Fsp3) is 0.833. The van der Waals surface area contributed by atoms with Gasteiger partial charge in [0.1, 0.15) is 0 Å². The highest BCUT2D eigenvalue weighted by Gasteiger charge is 2.30.